The molecule has 2 heterocycles. The standard InChI is InChI=1S/C18H27N5O4/c1-6-11-14(16(24)26-7-2)12(8-19-9-13-20-10-21-23-13)22-15(11)17(25)27-18(3,4)5/h10,19,22H,6-9H2,1-5H3,(H,20,21,23). The first kappa shape index (κ1) is 20.6. The lowest BCUT2D eigenvalue weighted by Crippen LogP contribution is -2.24. The molecule has 27 heavy (non-hydrogen) atoms. The molecule has 9 heteroatoms. The van der Waals surface area contributed by atoms with Crippen molar-refractivity contribution in [2.75, 3.05) is 6.61 Å². The van der Waals surface area contributed by atoms with E-state index in [0.717, 1.165) is 0 Å². The summed E-state index contributed by atoms with van der Waals surface area (Å²) in [4.78, 5) is 32.2. The third-order valence-electron chi connectivity index (χ3n) is 3.68. The zero-order chi connectivity index (χ0) is 20.0. The summed E-state index contributed by atoms with van der Waals surface area (Å²) in [5.74, 6) is -0.287. The Morgan fingerprint density at radius 3 is 2.48 bits per heavy atom. The van der Waals surface area contributed by atoms with E-state index in [-0.39, 0.29) is 12.3 Å². The van der Waals surface area contributed by atoms with E-state index in [1.807, 2.05) is 6.92 Å². The second kappa shape index (κ2) is 8.81. The summed E-state index contributed by atoms with van der Waals surface area (Å²) in [6, 6.07) is 0. The van der Waals surface area contributed by atoms with Crippen LogP contribution in [-0.4, -0.2) is 44.3 Å². The molecule has 0 aromatic carbocycles. The summed E-state index contributed by atoms with van der Waals surface area (Å²) in [5, 5.41) is 9.71. The predicted molar refractivity (Wildman–Crippen MR) is 98.2 cm³/mol. The number of nitrogens with one attached hydrogen (secondary N) is 3. The number of aromatic amines is 2. The maximum atomic E-state index is 12.6. The van der Waals surface area contributed by atoms with Gasteiger partial charge in [-0.05, 0) is 39.7 Å². The number of carbonyl (C=O) groups is 2. The summed E-state index contributed by atoms with van der Waals surface area (Å²) in [7, 11) is 0. The van der Waals surface area contributed by atoms with Crippen LogP contribution >= 0.6 is 0 Å². The predicted octanol–water partition coefficient (Wildman–Crippen LogP) is 2.12. The molecule has 2 aromatic heterocycles. The van der Waals surface area contributed by atoms with Crippen molar-refractivity contribution in [2.45, 2.75) is 59.7 Å². The monoisotopic (exact) mass is 377 g/mol. The highest BCUT2D eigenvalue weighted by atomic mass is 16.6. The van der Waals surface area contributed by atoms with Gasteiger partial charge in [0.05, 0.1) is 18.7 Å². The Morgan fingerprint density at radius 1 is 1.19 bits per heavy atom. The van der Waals surface area contributed by atoms with Crippen LogP contribution in [0.25, 0.3) is 0 Å². The smallest absolute Gasteiger partial charge is 0.355 e. The Kier molecular flexibility index (Phi) is 6.73. The van der Waals surface area contributed by atoms with Crippen LogP contribution in [0.1, 0.15) is 72.5 Å². The van der Waals surface area contributed by atoms with Crippen LogP contribution in [0.15, 0.2) is 6.33 Å². The van der Waals surface area contributed by atoms with Gasteiger partial charge in [0.2, 0.25) is 0 Å². The number of esters is 2. The number of ether oxygens (including phenoxy) is 2. The SMILES string of the molecule is CCOC(=O)c1c(CNCc2ncn[nH]2)[nH]c(C(=O)OC(C)(C)C)c1CC. The van der Waals surface area contributed by atoms with Gasteiger partial charge in [0, 0.05) is 12.2 Å². The van der Waals surface area contributed by atoms with Crippen molar-refractivity contribution in [2.24, 2.45) is 0 Å². The Hall–Kier alpha value is -2.68. The van der Waals surface area contributed by atoms with Crippen LogP contribution < -0.4 is 5.32 Å². The molecule has 0 aliphatic heterocycles. The lowest BCUT2D eigenvalue weighted by atomic mass is 10.1. The van der Waals surface area contributed by atoms with Gasteiger partial charge < -0.3 is 19.8 Å². The van der Waals surface area contributed by atoms with Gasteiger partial charge in [-0.3, -0.25) is 5.10 Å². The molecular weight excluding hydrogens is 350 g/mol. The Bertz CT molecular complexity index is 775. The molecule has 0 atom stereocenters. The third kappa shape index (κ3) is 5.40. The average Bonchev–Trinajstić information content (AvgIpc) is 3.20. The Morgan fingerprint density at radius 2 is 1.93 bits per heavy atom. The van der Waals surface area contributed by atoms with Crippen LogP contribution in [-0.2, 0) is 29.0 Å². The Balaban J connectivity index is 2.31. The summed E-state index contributed by atoms with van der Waals surface area (Å²) in [6.07, 6.45) is 1.91. The molecule has 148 valence electrons. The molecule has 0 saturated carbocycles. The van der Waals surface area contributed by atoms with Crippen molar-refractivity contribution in [3.05, 3.63) is 34.7 Å². The summed E-state index contributed by atoms with van der Waals surface area (Å²) < 4.78 is 10.7. The quantitative estimate of drug-likeness (QED) is 0.602. The number of carbonyl (C=O) groups excluding carboxylic acids is 2. The fraction of sp³-hybridized carbons (Fsp3) is 0.556. The molecule has 0 aliphatic carbocycles. The van der Waals surface area contributed by atoms with E-state index in [9.17, 15) is 9.59 Å². The lowest BCUT2D eigenvalue weighted by molar-refractivity contribution is 0.00622. The first-order chi connectivity index (χ1) is 12.8. The largest absolute Gasteiger partial charge is 0.462 e. The molecule has 0 bridgehead atoms. The molecular formula is C18H27N5O4. The molecule has 3 N–H and O–H groups in total. The van der Waals surface area contributed by atoms with E-state index in [0.29, 0.717) is 42.2 Å². The van der Waals surface area contributed by atoms with Gasteiger partial charge in [-0.2, -0.15) is 5.10 Å². The average molecular weight is 377 g/mol. The van der Waals surface area contributed by atoms with Crippen molar-refractivity contribution >= 4 is 11.9 Å². The van der Waals surface area contributed by atoms with Crippen LogP contribution in [0.5, 0.6) is 0 Å². The molecule has 0 unspecified atom stereocenters. The van der Waals surface area contributed by atoms with Gasteiger partial charge in [-0.15, -0.1) is 0 Å². The maximum Gasteiger partial charge on any atom is 0.355 e. The minimum atomic E-state index is -0.637. The van der Waals surface area contributed by atoms with Crippen molar-refractivity contribution < 1.29 is 19.1 Å². The molecule has 2 aromatic rings. The second-order valence-corrected chi connectivity index (χ2v) is 6.94. The van der Waals surface area contributed by atoms with Gasteiger partial charge in [0.15, 0.2) is 0 Å². The van der Waals surface area contributed by atoms with E-state index in [1.165, 1.54) is 6.33 Å². The van der Waals surface area contributed by atoms with Crippen LogP contribution in [0.4, 0.5) is 0 Å². The number of rotatable bonds is 8. The first-order valence-electron chi connectivity index (χ1n) is 8.95. The minimum Gasteiger partial charge on any atom is -0.462 e. The molecule has 0 amide bonds. The van der Waals surface area contributed by atoms with Crippen molar-refractivity contribution in [1.29, 1.82) is 0 Å². The summed E-state index contributed by atoms with van der Waals surface area (Å²) in [6.45, 7) is 10.0. The first-order valence-corrected chi connectivity index (χ1v) is 8.95. The number of aromatic nitrogens is 4. The number of H-pyrrole nitrogens is 2. The highest BCUT2D eigenvalue weighted by Crippen LogP contribution is 2.24. The fourth-order valence-corrected chi connectivity index (χ4v) is 2.66. The van der Waals surface area contributed by atoms with E-state index >= 15 is 0 Å². The van der Waals surface area contributed by atoms with Crippen LogP contribution in [0.2, 0.25) is 0 Å². The van der Waals surface area contributed by atoms with Crippen molar-refractivity contribution in [3.63, 3.8) is 0 Å². The van der Waals surface area contributed by atoms with Crippen molar-refractivity contribution in [3.8, 4) is 0 Å². The summed E-state index contributed by atoms with van der Waals surface area (Å²) >= 11 is 0. The number of nitrogens with zero attached hydrogens (tertiary/aromatic N) is 2. The molecule has 2 rings (SSSR count). The zero-order valence-corrected chi connectivity index (χ0v) is 16.4. The number of hydrogen-bond donors (Lipinski definition) is 3. The summed E-state index contributed by atoms with van der Waals surface area (Å²) in [5.41, 5.74) is 1.20. The zero-order valence-electron chi connectivity index (χ0n) is 16.4. The molecule has 0 fully saturated rings. The van der Waals surface area contributed by atoms with E-state index in [1.54, 1.807) is 27.7 Å². The van der Waals surface area contributed by atoms with Crippen LogP contribution in [0.3, 0.4) is 0 Å². The third-order valence-corrected chi connectivity index (χ3v) is 3.68. The van der Waals surface area contributed by atoms with E-state index < -0.39 is 17.5 Å². The molecule has 9 nitrogen and oxygen atoms in total. The molecule has 0 aliphatic rings. The van der Waals surface area contributed by atoms with Crippen LogP contribution in [0, 0.1) is 0 Å². The number of hydrogen-bond acceptors (Lipinski definition) is 7. The van der Waals surface area contributed by atoms with Gasteiger partial charge in [-0.1, -0.05) is 6.92 Å². The van der Waals surface area contributed by atoms with Gasteiger partial charge in [0.25, 0.3) is 0 Å². The molecule has 0 radical (unpaired) electrons. The fourth-order valence-electron chi connectivity index (χ4n) is 2.66. The highest BCUT2D eigenvalue weighted by molar-refractivity contribution is 5.98. The normalized spacial score (nSPS) is 11.4. The van der Waals surface area contributed by atoms with E-state index in [2.05, 4.69) is 25.5 Å². The topological polar surface area (TPSA) is 122 Å². The highest BCUT2D eigenvalue weighted by Gasteiger charge is 2.29. The lowest BCUT2D eigenvalue weighted by Gasteiger charge is -2.19. The minimum absolute atomic E-state index is 0.250. The molecule has 0 saturated heterocycles. The molecule has 0 spiro atoms. The van der Waals surface area contributed by atoms with Crippen molar-refractivity contribution in [1.82, 2.24) is 25.5 Å². The van der Waals surface area contributed by atoms with E-state index in [4.69, 9.17) is 9.47 Å². The maximum absolute atomic E-state index is 12.6. The second-order valence-electron chi connectivity index (χ2n) is 6.94. The Labute approximate surface area is 158 Å². The van der Waals surface area contributed by atoms with Gasteiger partial charge in [0.1, 0.15) is 23.4 Å². The van der Waals surface area contributed by atoms with Gasteiger partial charge in [-0.25, -0.2) is 14.6 Å². The van der Waals surface area contributed by atoms with Gasteiger partial charge >= 0.3 is 11.9 Å².